The van der Waals surface area contributed by atoms with Crippen molar-refractivity contribution in [2.45, 2.75) is 187 Å². The van der Waals surface area contributed by atoms with Gasteiger partial charge in [0.15, 0.2) is 5.70 Å². The molecule has 6 N–H and O–H groups in total. The van der Waals surface area contributed by atoms with Gasteiger partial charge in [-0.1, -0.05) is 57.3 Å². The maximum absolute atomic E-state index is 14.9. The van der Waals surface area contributed by atoms with Crippen LogP contribution in [0.15, 0.2) is 16.8 Å². The Morgan fingerprint density at radius 3 is 2.44 bits per heavy atom. The molecule has 2 aliphatic heterocycles. The van der Waals surface area contributed by atoms with Crippen LogP contribution in [0.1, 0.15) is 162 Å². The summed E-state index contributed by atoms with van der Waals surface area (Å²) in [7, 11) is 1.70. The number of fused-ring (bicyclic) bond motifs is 2. The van der Waals surface area contributed by atoms with Crippen molar-refractivity contribution in [2.24, 2.45) is 81.2 Å². The normalized spacial score (nSPS) is 38.3. The zero-order chi connectivity index (χ0) is 41.7. The van der Waals surface area contributed by atoms with Crippen molar-refractivity contribution < 1.29 is 29.9 Å². The Bertz CT molecular complexity index is 1530. The zero-order valence-corrected chi connectivity index (χ0v) is 37.3. The number of piperidine rings is 1. The summed E-state index contributed by atoms with van der Waals surface area (Å²) in [6.07, 6.45) is 23.6. The summed E-state index contributed by atoms with van der Waals surface area (Å²) in [6, 6.07) is 0. The number of nitrogens with zero attached hydrogens (tertiary/aromatic N) is 1. The van der Waals surface area contributed by atoms with Crippen LogP contribution in [0.3, 0.4) is 0 Å². The molecule has 0 amide bonds. The van der Waals surface area contributed by atoms with E-state index in [2.05, 4.69) is 44.0 Å². The standard InChI is InChI=1S/C51H80N3O5/c1-5-11-43(46(56)28-40-24-37(31-54-40)32(2)3)36-23-39(51(19-9-10-20-51)38-18-21-53-50(52)27-38)22-34-15-17-42(33-12-7-6-8-13-33)44-30-48(58)49(59-4)26-35(44)14-16-41(55)29-47(57)45(34)25-36/h24,31-36,38-39,42-46,48-50,53,56,58H,5-14,16,18-23,25-30,52H2,1-4H3/q+1/p+1/t34-,35?,36?,38?,39-,42-,43+,44?,45+,46-,48?,49?,50?/m1/s1. The first-order chi connectivity index (χ1) is 28.5. The lowest BCUT2D eigenvalue weighted by Gasteiger charge is -2.47. The highest BCUT2D eigenvalue weighted by Gasteiger charge is 2.53. The fourth-order valence-electron chi connectivity index (χ4n) is 14.2. The fourth-order valence-corrected chi connectivity index (χ4v) is 14.2. The van der Waals surface area contributed by atoms with Gasteiger partial charge in [0.1, 0.15) is 35.9 Å². The smallest absolute Gasteiger partial charge is 0.177 e. The van der Waals surface area contributed by atoms with E-state index in [1.807, 2.05) is 6.21 Å². The molecule has 5 aliphatic carbocycles. The molecule has 1 saturated heterocycles. The number of nitrogens with two attached hydrogens (primary N) is 2. The highest BCUT2D eigenvalue weighted by atomic mass is 16.5. The van der Waals surface area contributed by atoms with Crippen molar-refractivity contribution in [3.63, 3.8) is 0 Å². The Labute approximate surface area is 357 Å². The maximum Gasteiger partial charge on any atom is 0.177 e. The summed E-state index contributed by atoms with van der Waals surface area (Å²) in [6.45, 7) is 7.68. The molecule has 0 aromatic heterocycles. The molecule has 0 aromatic rings. The third kappa shape index (κ3) is 10.4. The predicted molar refractivity (Wildman–Crippen MR) is 235 cm³/mol. The number of aliphatic imine (C=N–C) groups is 1. The average molecular weight is 816 g/mol. The molecule has 0 radical (unpaired) electrons. The van der Waals surface area contributed by atoms with Crippen molar-refractivity contribution in [1.29, 1.82) is 0 Å². The molecule has 328 valence electrons. The number of Topliss-reactive ketones (excluding diaryl/α,β-unsaturated/α-hetero) is 2. The van der Waals surface area contributed by atoms with Gasteiger partial charge < -0.3 is 20.3 Å². The third-order valence-corrected chi connectivity index (χ3v) is 17.4. The van der Waals surface area contributed by atoms with Gasteiger partial charge in [-0.2, -0.15) is 0 Å². The number of carbonyl (C=O) groups is 2. The maximum atomic E-state index is 14.9. The number of ether oxygens (including phenoxy) is 1. The molecule has 13 atom stereocenters. The van der Waals surface area contributed by atoms with Gasteiger partial charge in [0.2, 0.25) is 0 Å². The first kappa shape index (κ1) is 45.0. The lowest BCUT2D eigenvalue weighted by Crippen LogP contribution is -2.95. The molecule has 2 heterocycles. The van der Waals surface area contributed by atoms with E-state index >= 15 is 0 Å². The molecule has 5 fully saturated rings. The van der Waals surface area contributed by atoms with Crippen molar-refractivity contribution in [2.75, 3.05) is 13.7 Å². The number of rotatable bonds is 11. The van der Waals surface area contributed by atoms with Crippen LogP contribution in [0, 0.1) is 88.3 Å². The van der Waals surface area contributed by atoms with Gasteiger partial charge in [-0.05, 0) is 131 Å². The molecule has 7 rings (SSSR count). The molecule has 8 nitrogen and oxygen atoms in total. The minimum Gasteiger partial charge on any atom is -0.391 e. The Morgan fingerprint density at radius 1 is 0.966 bits per heavy atom. The largest absolute Gasteiger partial charge is 0.391 e. The number of hydrogen-bond acceptors (Lipinski definition) is 7. The van der Waals surface area contributed by atoms with Gasteiger partial charge in [-0.15, -0.1) is 4.99 Å². The second kappa shape index (κ2) is 20.4. The molecule has 0 aromatic carbocycles. The summed E-state index contributed by atoms with van der Waals surface area (Å²) < 4.78 is 5.81. The number of methoxy groups -OCH3 is 1. The van der Waals surface area contributed by atoms with Crippen LogP contribution in [-0.2, 0) is 14.3 Å². The fraction of sp³-hybridized carbons (Fsp3) is 0.843. The van der Waals surface area contributed by atoms with Crippen LogP contribution in [0.4, 0.5) is 0 Å². The lowest BCUT2D eigenvalue weighted by molar-refractivity contribution is -0.700. The molecule has 7 unspecified atom stereocenters. The van der Waals surface area contributed by atoms with Gasteiger partial charge in [-0.25, -0.2) is 0 Å². The number of ketones is 2. The van der Waals surface area contributed by atoms with E-state index in [9.17, 15) is 19.8 Å². The van der Waals surface area contributed by atoms with Crippen molar-refractivity contribution in [3.8, 4) is 11.8 Å². The Kier molecular flexibility index (Phi) is 15.6. The van der Waals surface area contributed by atoms with Crippen LogP contribution in [0.5, 0.6) is 0 Å². The summed E-state index contributed by atoms with van der Waals surface area (Å²) in [5.74, 6) is 11.5. The minimum absolute atomic E-state index is 0.0190. The second-order valence-electron chi connectivity index (χ2n) is 21.2. The van der Waals surface area contributed by atoms with Crippen LogP contribution < -0.4 is 11.1 Å². The van der Waals surface area contributed by atoms with Crippen molar-refractivity contribution in [3.05, 3.63) is 17.7 Å². The number of aliphatic hydroxyl groups excluding tert-OH is 2. The minimum atomic E-state index is -0.556. The Balaban J connectivity index is 1.30. The highest BCUT2D eigenvalue weighted by Crippen LogP contribution is 2.59. The predicted octanol–water partition coefficient (Wildman–Crippen LogP) is 7.74. The monoisotopic (exact) mass is 816 g/mol. The van der Waals surface area contributed by atoms with Crippen LogP contribution in [0.2, 0.25) is 0 Å². The van der Waals surface area contributed by atoms with Gasteiger partial charge in [0, 0.05) is 50.0 Å². The van der Waals surface area contributed by atoms with Crippen LogP contribution in [-0.4, -0.2) is 66.1 Å². The zero-order valence-electron chi connectivity index (χ0n) is 37.3. The molecular formula is C51H81N3O5+2. The van der Waals surface area contributed by atoms with Gasteiger partial charge >= 0.3 is 0 Å². The van der Waals surface area contributed by atoms with Crippen molar-refractivity contribution in [1.82, 2.24) is 0 Å². The van der Waals surface area contributed by atoms with Gasteiger partial charge in [-0.3, -0.25) is 15.3 Å². The van der Waals surface area contributed by atoms with E-state index < -0.39 is 12.2 Å². The number of quaternary nitrogens is 1. The molecule has 0 spiro atoms. The number of hydrogen-bond donors (Lipinski definition) is 4. The summed E-state index contributed by atoms with van der Waals surface area (Å²) in [4.78, 5) is 33.7. The molecule has 0 bridgehead atoms. The topological polar surface area (TPSA) is 139 Å². The third-order valence-electron chi connectivity index (χ3n) is 17.4. The van der Waals surface area contributed by atoms with E-state index in [4.69, 9.17) is 15.5 Å². The first-order valence-electron chi connectivity index (χ1n) is 24.6. The van der Waals surface area contributed by atoms with E-state index in [0.29, 0.717) is 49.4 Å². The Morgan fingerprint density at radius 2 is 1.75 bits per heavy atom. The molecule has 4 saturated carbocycles. The molecular weight excluding hydrogens is 735 g/mol. The molecule has 8 heteroatoms. The van der Waals surface area contributed by atoms with Gasteiger partial charge in [0.05, 0.1) is 37.7 Å². The van der Waals surface area contributed by atoms with Crippen LogP contribution >= 0.6 is 0 Å². The number of allylic oxidation sites excluding steroid dienone is 1. The Hall–Kier alpha value is -2.02. The lowest BCUT2D eigenvalue weighted by atomic mass is 9.58. The highest BCUT2D eigenvalue weighted by molar-refractivity contribution is 6.00. The van der Waals surface area contributed by atoms with E-state index in [-0.39, 0.29) is 77.1 Å². The summed E-state index contributed by atoms with van der Waals surface area (Å²) in [5.41, 5.74) is 7.86. The van der Waals surface area contributed by atoms with Gasteiger partial charge in [0.25, 0.3) is 0 Å². The SMILES string of the molecule is CCC[C@@H](C1C[C@H](C2(C3CC[NH2+]C(N)C3)CCCC2)C[C@H]2C#C[C@H](C3CCCCC3)C3CC(O)C(OC)CC3CCC(=O)CC(=O)[C@H]2C1)[C@H](O)CC1=C[C+](C(C)C)C=N1. The quantitative estimate of drug-likeness (QED) is 0.0957. The van der Waals surface area contributed by atoms with Crippen molar-refractivity contribution >= 4 is 17.8 Å². The average Bonchev–Trinajstić information content (AvgIpc) is 3.88. The molecule has 7 aliphatic rings. The van der Waals surface area contributed by atoms with E-state index in [0.717, 1.165) is 57.2 Å². The number of carbonyl (C=O) groups excluding carboxylic acids is 2. The number of aliphatic hydroxyl groups is 2. The molecule has 59 heavy (non-hydrogen) atoms. The van der Waals surface area contributed by atoms with E-state index in [1.54, 1.807) is 7.11 Å². The van der Waals surface area contributed by atoms with Crippen LogP contribution in [0.25, 0.3) is 0 Å². The first-order valence-corrected chi connectivity index (χ1v) is 24.6. The van der Waals surface area contributed by atoms with E-state index in [1.165, 1.54) is 70.1 Å². The second-order valence-corrected chi connectivity index (χ2v) is 21.2. The summed E-state index contributed by atoms with van der Waals surface area (Å²) in [5, 5.41) is 26.1. The summed E-state index contributed by atoms with van der Waals surface area (Å²) >= 11 is 0.